The number of nitrogens with zero attached hydrogens (tertiary/aromatic N) is 1. The van der Waals surface area contributed by atoms with Gasteiger partial charge in [-0.05, 0) is 31.8 Å². The smallest absolute Gasteiger partial charge is 0.405 e. The van der Waals surface area contributed by atoms with Gasteiger partial charge in [0.15, 0.2) is 8.32 Å². The number of phosphoric acid groups is 1. The van der Waals surface area contributed by atoms with Crippen molar-refractivity contribution in [2.75, 3.05) is 0 Å². The Hall–Kier alpha value is -1.21. The van der Waals surface area contributed by atoms with Gasteiger partial charge in [0.05, 0.1) is 4.92 Å². The largest absolute Gasteiger partial charge is 0.517 e. The van der Waals surface area contributed by atoms with E-state index >= 15 is 0 Å². The minimum atomic E-state index is -4.18. The summed E-state index contributed by atoms with van der Waals surface area (Å²) in [5, 5.41) is 10.4. The number of nitro benzene ring substituents is 1. The van der Waals surface area contributed by atoms with Crippen LogP contribution in [0.3, 0.4) is 0 Å². The highest BCUT2D eigenvalue weighted by Crippen LogP contribution is 2.46. The first kappa shape index (κ1) is 14.8. The fraction of sp³-hybridized carbons (Fsp3) is 0.333. The van der Waals surface area contributed by atoms with E-state index < -0.39 is 21.1 Å². The summed E-state index contributed by atoms with van der Waals surface area (Å²) >= 11 is 0. The normalized spacial score (nSPS) is 14.9. The van der Waals surface area contributed by atoms with Gasteiger partial charge in [0.25, 0.3) is 5.69 Å². The topological polar surface area (TPSA) is 98.9 Å². The first-order valence-corrected chi connectivity index (χ1v) is 9.97. The maximum Gasteiger partial charge on any atom is 0.517 e. The summed E-state index contributed by atoms with van der Waals surface area (Å²) in [5.74, 6) is 0.0460. The van der Waals surface area contributed by atoms with Gasteiger partial charge in [-0.1, -0.05) is 0 Å². The minimum absolute atomic E-state index is 0.0460. The van der Waals surface area contributed by atoms with E-state index in [0.717, 1.165) is 0 Å². The molecule has 0 heterocycles. The van der Waals surface area contributed by atoms with E-state index in [1.807, 2.05) is 0 Å². The molecule has 100 valence electrons. The molecular weight excluding hydrogens is 277 g/mol. The molecule has 0 aromatic heterocycles. The average Bonchev–Trinajstić information content (AvgIpc) is 2.13. The van der Waals surface area contributed by atoms with Crippen LogP contribution in [0.1, 0.15) is 0 Å². The van der Waals surface area contributed by atoms with E-state index in [2.05, 4.69) is 0 Å². The molecule has 1 atom stereocenters. The highest BCUT2D eigenvalue weighted by Gasteiger charge is 2.31. The van der Waals surface area contributed by atoms with E-state index in [-0.39, 0.29) is 11.4 Å². The molecule has 0 spiro atoms. The summed E-state index contributed by atoms with van der Waals surface area (Å²) in [6.45, 7) is 5.24. The SMILES string of the molecule is C[Si](C)(C)OP(=O)(O)Oc1ccc([N+](=O)[O-])cc1. The summed E-state index contributed by atoms with van der Waals surface area (Å²) in [7, 11) is -6.40. The van der Waals surface area contributed by atoms with Crippen LogP contribution in [0.2, 0.25) is 19.6 Å². The van der Waals surface area contributed by atoms with E-state index in [1.165, 1.54) is 24.3 Å². The van der Waals surface area contributed by atoms with Gasteiger partial charge >= 0.3 is 7.82 Å². The molecule has 0 saturated carbocycles. The quantitative estimate of drug-likeness (QED) is 0.387. The summed E-state index contributed by atoms with van der Waals surface area (Å²) in [6, 6.07) is 4.86. The molecule has 0 aliphatic rings. The third-order valence-corrected chi connectivity index (χ3v) is 5.21. The number of non-ortho nitro benzene ring substituents is 1. The fourth-order valence-corrected chi connectivity index (χ4v) is 4.43. The third kappa shape index (κ3) is 4.97. The Morgan fingerprint density at radius 2 is 1.78 bits per heavy atom. The van der Waals surface area contributed by atoms with Gasteiger partial charge in [0.1, 0.15) is 5.75 Å². The van der Waals surface area contributed by atoms with Crippen LogP contribution in [0.4, 0.5) is 5.69 Å². The lowest BCUT2D eigenvalue weighted by Gasteiger charge is -2.21. The summed E-state index contributed by atoms with van der Waals surface area (Å²) in [6.07, 6.45) is 0. The predicted molar refractivity (Wildman–Crippen MR) is 68.0 cm³/mol. The number of hydrogen-bond acceptors (Lipinski definition) is 5. The standard InChI is InChI=1S/C9H14NO6PSi/c1-18(2,3)16-17(13,14)15-9-6-4-8(5-7-9)10(11)12/h4-7H,1-3H3,(H,13,14). The molecule has 0 saturated heterocycles. The average molecular weight is 291 g/mol. The summed E-state index contributed by atoms with van der Waals surface area (Å²) < 4.78 is 21.4. The van der Waals surface area contributed by atoms with E-state index in [0.29, 0.717) is 0 Å². The van der Waals surface area contributed by atoms with Crippen LogP contribution in [0.5, 0.6) is 5.75 Å². The predicted octanol–water partition coefficient (Wildman–Crippen LogP) is 2.93. The van der Waals surface area contributed by atoms with Crippen LogP contribution in [-0.4, -0.2) is 18.1 Å². The van der Waals surface area contributed by atoms with Gasteiger partial charge in [-0.25, -0.2) is 4.57 Å². The van der Waals surface area contributed by atoms with Gasteiger partial charge < -0.3 is 8.74 Å². The molecule has 9 heteroatoms. The molecule has 1 unspecified atom stereocenters. The Kier molecular flexibility index (Phi) is 4.28. The van der Waals surface area contributed by atoms with Crippen LogP contribution < -0.4 is 4.52 Å². The molecule has 0 bridgehead atoms. The molecule has 0 amide bonds. The van der Waals surface area contributed by atoms with Gasteiger partial charge in [-0.15, -0.1) is 0 Å². The molecular formula is C9H14NO6PSi. The van der Waals surface area contributed by atoms with Crippen molar-refractivity contribution in [1.82, 2.24) is 0 Å². The number of hydrogen-bond donors (Lipinski definition) is 1. The summed E-state index contributed by atoms with van der Waals surface area (Å²) in [4.78, 5) is 19.4. The number of rotatable bonds is 5. The van der Waals surface area contributed by atoms with E-state index in [1.54, 1.807) is 19.6 Å². The zero-order chi connectivity index (χ0) is 14.0. The van der Waals surface area contributed by atoms with Crippen molar-refractivity contribution >= 4 is 21.8 Å². The van der Waals surface area contributed by atoms with Crippen LogP contribution in [0, 0.1) is 10.1 Å². The second-order valence-corrected chi connectivity index (χ2v) is 10.6. The molecule has 1 aromatic carbocycles. The third-order valence-electron chi connectivity index (χ3n) is 1.66. The lowest BCUT2D eigenvalue weighted by atomic mass is 10.3. The zero-order valence-corrected chi connectivity index (χ0v) is 12.1. The van der Waals surface area contributed by atoms with Crippen molar-refractivity contribution in [3.8, 4) is 5.75 Å². The Balaban J connectivity index is 2.78. The Labute approximate surface area is 105 Å². The molecule has 0 aliphatic carbocycles. The molecule has 0 fully saturated rings. The van der Waals surface area contributed by atoms with Gasteiger partial charge in [-0.3, -0.25) is 15.0 Å². The molecule has 0 aliphatic heterocycles. The highest BCUT2D eigenvalue weighted by molar-refractivity contribution is 7.49. The molecule has 0 radical (unpaired) electrons. The zero-order valence-electron chi connectivity index (χ0n) is 10.2. The van der Waals surface area contributed by atoms with E-state index in [4.69, 9.17) is 8.74 Å². The molecule has 1 N–H and O–H groups in total. The lowest BCUT2D eigenvalue weighted by molar-refractivity contribution is -0.384. The maximum atomic E-state index is 11.6. The van der Waals surface area contributed by atoms with Crippen LogP contribution in [0.15, 0.2) is 24.3 Å². The minimum Gasteiger partial charge on any atom is -0.405 e. The van der Waals surface area contributed by atoms with Crippen LogP contribution >= 0.6 is 7.82 Å². The Morgan fingerprint density at radius 3 is 2.17 bits per heavy atom. The van der Waals surface area contributed by atoms with Crippen LogP contribution in [-0.2, 0) is 8.78 Å². The first-order chi connectivity index (χ1) is 8.09. The Morgan fingerprint density at radius 1 is 1.28 bits per heavy atom. The van der Waals surface area contributed by atoms with Crippen LogP contribution in [0.25, 0.3) is 0 Å². The maximum absolute atomic E-state index is 11.6. The lowest BCUT2D eigenvalue weighted by Crippen LogP contribution is -2.24. The first-order valence-electron chi connectivity index (χ1n) is 5.07. The second-order valence-electron chi connectivity index (χ2n) is 4.51. The van der Waals surface area contributed by atoms with Gasteiger partial charge in [-0.2, -0.15) is 0 Å². The Bertz CT molecular complexity index is 483. The molecule has 18 heavy (non-hydrogen) atoms. The highest BCUT2D eigenvalue weighted by atomic mass is 31.2. The van der Waals surface area contributed by atoms with Gasteiger partial charge in [0, 0.05) is 12.1 Å². The second kappa shape index (κ2) is 5.19. The van der Waals surface area contributed by atoms with E-state index in [9.17, 15) is 19.6 Å². The number of nitro groups is 1. The number of benzene rings is 1. The van der Waals surface area contributed by atoms with Crippen molar-refractivity contribution < 1.29 is 23.1 Å². The molecule has 7 nitrogen and oxygen atoms in total. The van der Waals surface area contributed by atoms with Crippen molar-refractivity contribution in [1.29, 1.82) is 0 Å². The van der Waals surface area contributed by atoms with Crippen molar-refractivity contribution in [2.24, 2.45) is 0 Å². The van der Waals surface area contributed by atoms with Crippen molar-refractivity contribution in [2.45, 2.75) is 19.6 Å². The fourth-order valence-electron chi connectivity index (χ4n) is 1.13. The molecule has 1 aromatic rings. The van der Waals surface area contributed by atoms with Crippen molar-refractivity contribution in [3.63, 3.8) is 0 Å². The summed E-state index contributed by atoms with van der Waals surface area (Å²) in [5.41, 5.74) is -0.124. The van der Waals surface area contributed by atoms with Crippen molar-refractivity contribution in [3.05, 3.63) is 34.4 Å². The monoisotopic (exact) mass is 291 g/mol. The number of phosphoric ester groups is 1. The molecule has 1 rings (SSSR count). The van der Waals surface area contributed by atoms with Gasteiger partial charge in [0.2, 0.25) is 0 Å².